The molecule has 104 valence electrons. The number of ketones is 1. The molecule has 0 amide bonds. The van der Waals surface area contributed by atoms with E-state index in [0.29, 0.717) is 11.3 Å². The van der Waals surface area contributed by atoms with Crippen LogP contribution in [0.5, 0.6) is 5.75 Å². The van der Waals surface area contributed by atoms with Crippen LogP contribution in [0.2, 0.25) is 0 Å². The maximum Gasteiger partial charge on any atom is 0.236 e. The highest BCUT2D eigenvalue weighted by Gasteiger charge is 2.23. The van der Waals surface area contributed by atoms with Crippen molar-refractivity contribution < 1.29 is 14.1 Å². The zero-order chi connectivity index (χ0) is 14.8. The second-order valence-electron chi connectivity index (χ2n) is 4.29. The molecule has 20 heavy (non-hydrogen) atoms. The third-order valence-electron chi connectivity index (χ3n) is 2.86. The lowest BCUT2D eigenvalue weighted by Gasteiger charge is -2.13. The van der Waals surface area contributed by atoms with E-state index in [1.165, 1.54) is 19.2 Å². The van der Waals surface area contributed by atoms with Crippen LogP contribution in [-0.4, -0.2) is 12.9 Å². The molecule has 0 unspecified atom stereocenters. The number of carbonyl (C=O) groups is 1. The lowest BCUT2D eigenvalue weighted by atomic mass is 10.0. The molecular formula is C14H15N2O3P. The van der Waals surface area contributed by atoms with Crippen LogP contribution in [0.15, 0.2) is 48.5 Å². The largest absolute Gasteiger partial charge is 0.497 e. The van der Waals surface area contributed by atoms with Gasteiger partial charge in [0.1, 0.15) is 5.75 Å². The molecule has 2 aromatic carbocycles. The Balaban J connectivity index is 2.57. The second-order valence-corrected chi connectivity index (χ2v) is 6.19. The minimum Gasteiger partial charge on any atom is -0.497 e. The number of ether oxygens (including phenoxy) is 1. The Morgan fingerprint density at radius 2 is 1.75 bits per heavy atom. The Kier molecular flexibility index (Phi) is 4.04. The average Bonchev–Trinajstić information content (AvgIpc) is 2.46. The van der Waals surface area contributed by atoms with Crippen molar-refractivity contribution in [2.45, 2.75) is 0 Å². The molecule has 0 heterocycles. The topological polar surface area (TPSA) is 95.4 Å². The van der Waals surface area contributed by atoms with E-state index in [1.54, 1.807) is 30.3 Å². The van der Waals surface area contributed by atoms with Crippen LogP contribution in [0.1, 0.15) is 15.9 Å². The summed E-state index contributed by atoms with van der Waals surface area (Å²) in [6.07, 6.45) is 0. The van der Waals surface area contributed by atoms with E-state index in [9.17, 15) is 9.36 Å². The molecule has 2 rings (SSSR count). The monoisotopic (exact) mass is 290 g/mol. The van der Waals surface area contributed by atoms with Gasteiger partial charge < -0.3 is 4.74 Å². The number of hydrogen-bond acceptors (Lipinski definition) is 3. The van der Waals surface area contributed by atoms with Gasteiger partial charge in [-0.25, -0.2) is 0 Å². The van der Waals surface area contributed by atoms with Crippen molar-refractivity contribution in [2.75, 3.05) is 7.11 Å². The van der Waals surface area contributed by atoms with Crippen LogP contribution < -0.4 is 21.0 Å². The molecule has 6 heteroatoms. The molecule has 0 radical (unpaired) electrons. The van der Waals surface area contributed by atoms with Crippen molar-refractivity contribution in [1.29, 1.82) is 0 Å². The Bertz CT molecular complexity index is 680. The molecule has 0 aliphatic heterocycles. The van der Waals surface area contributed by atoms with Crippen LogP contribution in [0.25, 0.3) is 0 Å². The average molecular weight is 290 g/mol. The molecule has 0 bridgehead atoms. The Morgan fingerprint density at radius 1 is 1.10 bits per heavy atom. The zero-order valence-electron chi connectivity index (χ0n) is 10.9. The summed E-state index contributed by atoms with van der Waals surface area (Å²) in [5.41, 5.74) is 11.8. The Labute approximate surface area is 117 Å². The van der Waals surface area contributed by atoms with Gasteiger partial charge in [0.25, 0.3) is 0 Å². The van der Waals surface area contributed by atoms with E-state index in [1.807, 2.05) is 6.07 Å². The normalized spacial score (nSPS) is 11.2. The molecule has 0 saturated heterocycles. The predicted octanol–water partition coefficient (Wildman–Crippen LogP) is 1.66. The van der Waals surface area contributed by atoms with E-state index in [-0.39, 0.29) is 16.7 Å². The van der Waals surface area contributed by atoms with E-state index in [2.05, 4.69) is 0 Å². The summed E-state index contributed by atoms with van der Waals surface area (Å²) < 4.78 is 17.0. The smallest absolute Gasteiger partial charge is 0.236 e. The fourth-order valence-electron chi connectivity index (χ4n) is 1.86. The van der Waals surface area contributed by atoms with Crippen molar-refractivity contribution >= 4 is 18.5 Å². The molecule has 0 aliphatic rings. The highest BCUT2D eigenvalue weighted by atomic mass is 31.2. The van der Waals surface area contributed by atoms with Crippen LogP contribution in [0.3, 0.4) is 0 Å². The van der Waals surface area contributed by atoms with Gasteiger partial charge in [0, 0.05) is 11.1 Å². The number of methoxy groups -OCH3 is 1. The van der Waals surface area contributed by atoms with E-state index >= 15 is 0 Å². The first kappa shape index (κ1) is 14.5. The lowest BCUT2D eigenvalue weighted by Crippen LogP contribution is -2.25. The molecule has 0 atom stereocenters. The van der Waals surface area contributed by atoms with E-state index in [0.717, 1.165) is 0 Å². The summed E-state index contributed by atoms with van der Waals surface area (Å²) in [4.78, 5) is 12.4. The number of rotatable bonds is 4. The molecule has 0 aliphatic carbocycles. The highest BCUT2D eigenvalue weighted by molar-refractivity contribution is 7.67. The van der Waals surface area contributed by atoms with Gasteiger partial charge in [-0.05, 0) is 18.2 Å². The maximum absolute atomic E-state index is 12.4. The minimum atomic E-state index is -3.57. The van der Waals surface area contributed by atoms with Gasteiger partial charge in [0.15, 0.2) is 5.78 Å². The van der Waals surface area contributed by atoms with Crippen molar-refractivity contribution in [3.05, 3.63) is 59.7 Å². The van der Waals surface area contributed by atoms with Gasteiger partial charge in [-0.15, -0.1) is 0 Å². The molecule has 0 spiro atoms. The number of hydrogen-bond donors (Lipinski definition) is 2. The molecule has 5 nitrogen and oxygen atoms in total. The SMILES string of the molecule is COc1ccc(C(=O)c2ccccc2)c(P(N)(N)=O)c1. The Morgan fingerprint density at radius 3 is 2.30 bits per heavy atom. The number of benzene rings is 2. The highest BCUT2D eigenvalue weighted by Crippen LogP contribution is 2.29. The van der Waals surface area contributed by atoms with Gasteiger partial charge in [-0.1, -0.05) is 30.3 Å². The number of carbonyl (C=O) groups excluding carboxylic acids is 1. The van der Waals surface area contributed by atoms with Gasteiger partial charge in [-0.3, -0.25) is 20.4 Å². The van der Waals surface area contributed by atoms with Crippen LogP contribution >= 0.6 is 7.44 Å². The molecule has 0 saturated carbocycles. The summed E-state index contributed by atoms with van der Waals surface area (Å²) in [5.74, 6) is 0.167. The quantitative estimate of drug-likeness (QED) is 0.659. The van der Waals surface area contributed by atoms with Crippen molar-refractivity contribution in [1.82, 2.24) is 0 Å². The van der Waals surface area contributed by atoms with Crippen LogP contribution in [-0.2, 0) is 4.57 Å². The maximum atomic E-state index is 12.4. The van der Waals surface area contributed by atoms with Crippen LogP contribution in [0.4, 0.5) is 0 Å². The summed E-state index contributed by atoms with van der Waals surface area (Å²) in [7, 11) is -2.10. The molecule has 4 N–H and O–H groups in total. The van der Waals surface area contributed by atoms with Gasteiger partial charge >= 0.3 is 0 Å². The third kappa shape index (κ3) is 2.96. The standard InChI is InChI=1S/C14H15N2O3P/c1-19-11-7-8-12(13(9-11)20(15,16)18)14(17)10-5-3-2-4-6-10/h2-9H,1H3,(H4,15,16,18). The molecular weight excluding hydrogens is 275 g/mol. The van der Waals surface area contributed by atoms with E-state index in [4.69, 9.17) is 15.7 Å². The second kappa shape index (κ2) is 5.59. The first-order valence-corrected chi connectivity index (χ1v) is 7.73. The summed E-state index contributed by atoms with van der Waals surface area (Å²) in [6.45, 7) is 0. The molecule has 0 aromatic heterocycles. The fraction of sp³-hybridized carbons (Fsp3) is 0.0714. The Hall–Kier alpha value is -1.94. The van der Waals surface area contributed by atoms with E-state index < -0.39 is 7.44 Å². The fourth-order valence-corrected chi connectivity index (χ4v) is 2.75. The summed E-state index contributed by atoms with van der Waals surface area (Å²) in [6, 6.07) is 13.2. The predicted molar refractivity (Wildman–Crippen MR) is 78.5 cm³/mol. The van der Waals surface area contributed by atoms with Crippen LogP contribution in [0, 0.1) is 0 Å². The minimum absolute atomic E-state index is 0.116. The lowest BCUT2D eigenvalue weighted by molar-refractivity contribution is 0.103. The summed E-state index contributed by atoms with van der Waals surface area (Å²) >= 11 is 0. The van der Waals surface area contributed by atoms with Gasteiger partial charge in [-0.2, -0.15) is 0 Å². The molecule has 2 aromatic rings. The summed E-state index contributed by atoms with van der Waals surface area (Å²) in [5, 5.41) is 0.116. The van der Waals surface area contributed by atoms with Crippen molar-refractivity contribution in [3.63, 3.8) is 0 Å². The van der Waals surface area contributed by atoms with Gasteiger partial charge in [0.05, 0.1) is 12.4 Å². The zero-order valence-corrected chi connectivity index (χ0v) is 11.8. The first-order valence-electron chi connectivity index (χ1n) is 5.89. The van der Waals surface area contributed by atoms with Crippen molar-refractivity contribution in [3.8, 4) is 5.75 Å². The van der Waals surface area contributed by atoms with Gasteiger partial charge in [0.2, 0.25) is 7.44 Å². The van der Waals surface area contributed by atoms with Crippen molar-refractivity contribution in [2.24, 2.45) is 11.0 Å². The third-order valence-corrected chi connectivity index (χ3v) is 3.99. The first-order chi connectivity index (χ1) is 9.43. The number of nitrogens with two attached hydrogens (primary N) is 2. The molecule has 0 fully saturated rings.